The molecular formula is C28H35F2N5O3S. The lowest BCUT2D eigenvalue weighted by molar-refractivity contribution is 0.00565. The maximum atomic E-state index is 14.1. The lowest BCUT2D eigenvalue weighted by atomic mass is 10.1. The van der Waals surface area contributed by atoms with Crippen molar-refractivity contribution in [3.8, 4) is 0 Å². The van der Waals surface area contributed by atoms with Crippen molar-refractivity contribution >= 4 is 45.5 Å². The molecule has 0 spiro atoms. The van der Waals surface area contributed by atoms with Gasteiger partial charge in [0.2, 0.25) is 5.78 Å². The van der Waals surface area contributed by atoms with Gasteiger partial charge in [0, 0.05) is 24.5 Å². The molecule has 1 saturated heterocycles. The van der Waals surface area contributed by atoms with Crippen LogP contribution in [0.5, 0.6) is 0 Å². The van der Waals surface area contributed by atoms with Crippen LogP contribution >= 0.6 is 11.3 Å². The second kappa shape index (κ2) is 11.6. The first kappa shape index (κ1) is 29.8. The number of thiazole rings is 1. The summed E-state index contributed by atoms with van der Waals surface area (Å²) in [5, 5.41) is 3.41. The average molecular weight is 560 g/mol. The zero-order valence-electron chi connectivity index (χ0n) is 21.9. The van der Waals surface area contributed by atoms with E-state index in [1.807, 2.05) is 58.9 Å². The van der Waals surface area contributed by atoms with E-state index >= 15 is 0 Å². The molecule has 2 atom stereocenters. The van der Waals surface area contributed by atoms with E-state index in [0.29, 0.717) is 23.9 Å². The molecule has 3 aromatic rings. The molecule has 2 aromatic carbocycles. The highest BCUT2D eigenvalue weighted by Crippen LogP contribution is 2.32. The zero-order chi connectivity index (χ0) is 27.8. The quantitative estimate of drug-likeness (QED) is 0.347. The largest absolute Gasteiger partial charge is 0.444 e. The summed E-state index contributed by atoms with van der Waals surface area (Å²) < 4.78 is 33.7. The molecule has 8 nitrogen and oxygen atoms in total. The Labute approximate surface area is 231 Å². The van der Waals surface area contributed by atoms with Crippen LogP contribution in [0.15, 0.2) is 42.5 Å². The number of anilines is 4. The van der Waals surface area contributed by atoms with Gasteiger partial charge in [0.25, 0.3) is 0 Å². The van der Waals surface area contributed by atoms with Gasteiger partial charge in [-0.3, -0.25) is 9.69 Å². The standard InChI is InChI=1S/C27H31F2N5O3S.CH4/c1-15-13-33(14-16(2)34(15)26(36)37-27(3,4)5)18-11-9-17(10-12-18)31-25-32-24(30)23(38-25)22(35)21-19(28)7-6-8-20(21)29;/h6-12,15-16H,13-14,30H2,1-5H3,(H,31,32);1H4/t15-,16+;. The number of hydrogen-bond donors (Lipinski definition) is 2. The van der Waals surface area contributed by atoms with E-state index in [0.717, 1.165) is 29.2 Å². The summed E-state index contributed by atoms with van der Waals surface area (Å²) in [5.74, 6) is -2.87. The van der Waals surface area contributed by atoms with Gasteiger partial charge < -0.3 is 20.7 Å². The minimum Gasteiger partial charge on any atom is -0.444 e. The number of ether oxygens (including phenoxy) is 1. The van der Waals surface area contributed by atoms with Gasteiger partial charge in [-0.15, -0.1) is 0 Å². The number of nitrogens with two attached hydrogens (primary N) is 1. The number of carbonyl (C=O) groups excluding carboxylic acids is 2. The maximum Gasteiger partial charge on any atom is 0.410 e. The van der Waals surface area contributed by atoms with Crippen molar-refractivity contribution in [1.82, 2.24) is 9.88 Å². The number of benzene rings is 2. The highest BCUT2D eigenvalue weighted by atomic mass is 32.1. The molecule has 1 aliphatic rings. The van der Waals surface area contributed by atoms with Gasteiger partial charge in [-0.1, -0.05) is 24.8 Å². The minimum absolute atomic E-state index is 0. The number of piperazine rings is 1. The Morgan fingerprint density at radius 1 is 1.05 bits per heavy atom. The van der Waals surface area contributed by atoms with E-state index in [9.17, 15) is 18.4 Å². The Morgan fingerprint density at radius 2 is 1.62 bits per heavy atom. The number of nitrogen functional groups attached to an aromatic ring is 1. The number of ketones is 1. The van der Waals surface area contributed by atoms with Crippen LogP contribution < -0.4 is 16.0 Å². The van der Waals surface area contributed by atoms with Crippen LogP contribution in [0.3, 0.4) is 0 Å². The fourth-order valence-electron chi connectivity index (χ4n) is 4.46. The van der Waals surface area contributed by atoms with E-state index in [4.69, 9.17) is 10.5 Å². The van der Waals surface area contributed by atoms with Crippen LogP contribution in [0.1, 0.15) is 57.3 Å². The van der Waals surface area contributed by atoms with Gasteiger partial charge in [-0.25, -0.2) is 18.6 Å². The number of nitrogens with one attached hydrogen (secondary N) is 1. The summed E-state index contributed by atoms with van der Waals surface area (Å²) >= 11 is 0.924. The van der Waals surface area contributed by atoms with Crippen molar-refractivity contribution in [2.75, 3.05) is 29.0 Å². The molecule has 1 amide bonds. The number of rotatable bonds is 5. The van der Waals surface area contributed by atoms with Gasteiger partial charge in [-0.2, -0.15) is 0 Å². The fraction of sp³-hybridized carbons (Fsp3) is 0.393. The third kappa shape index (κ3) is 6.65. The van der Waals surface area contributed by atoms with Crippen molar-refractivity contribution in [3.63, 3.8) is 0 Å². The minimum atomic E-state index is -0.955. The normalized spacial score (nSPS) is 17.4. The number of hydrogen-bond acceptors (Lipinski definition) is 8. The lowest BCUT2D eigenvalue weighted by Gasteiger charge is -2.45. The molecule has 4 rings (SSSR count). The molecule has 210 valence electrons. The van der Waals surface area contributed by atoms with Crippen LogP contribution in [0.4, 0.5) is 35.9 Å². The smallest absolute Gasteiger partial charge is 0.410 e. The predicted octanol–water partition coefficient (Wildman–Crippen LogP) is 6.45. The average Bonchev–Trinajstić information content (AvgIpc) is 3.17. The third-order valence-corrected chi connectivity index (χ3v) is 7.04. The molecule has 0 radical (unpaired) electrons. The van der Waals surface area contributed by atoms with Gasteiger partial charge in [0.15, 0.2) is 5.13 Å². The summed E-state index contributed by atoms with van der Waals surface area (Å²) in [6.07, 6.45) is -0.310. The number of aromatic nitrogens is 1. The molecule has 2 heterocycles. The van der Waals surface area contributed by atoms with E-state index in [1.54, 1.807) is 4.90 Å². The Kier molecular flexibility index (Phi) is 8.84. The fourth-order valence-corrected chi connectivity index (χ4v) is 5.31. The van der Waals surface area contributed by atoms with E-state index < -0.39 is 28.6 Å². The summed E-state index contributed by atoms with van der Waals surface area (Å²) in [5.41, 5.74) is 6.37. The highest BCUT2D eigenvalue weighted by Gasteiger charge is 2.35. The van der Waals surface area contributed by atoms with Crippen molar-refractivity contribution in [3.05, 3.63) is 64.5 Å². The van der Waals surface area contributed by atoms with Crippen LogP contribution in [0, 0.1) is 11.6 Å². The Balaban J connectivity index is 0.00000420. The first-order valence-electron chi connectivity index (χ1n) is 12.2. The summed E-state index contributed by atoms with van der Waals surface area (Å²) in [6, 6.07) is 10.8. The Bertz CT molecular complexity index is 1310. The molecule has 0 unspecified atom stereocenters. The molecule has 1 aliphatic heterocycles. The third-order valence-electron chi connectivity index (χ3n) is 6.06. The van der Waals surface area contributed by atoms with Gasteiger partial charge in [0.05, 0.1) is 17.6 Å². The van der Waals surface area contributed by atoms with Crippen LogP contribution in [-0.2, 0) is 4.74 Å². The summed E-state index contributed by atoms with van der Waals surface area (Å²) in [6.45, 7) is 10.9. The van der Waals surface area contributed by atoms with Gasteiger partial charge >= 0.3 is 6.09 Å². The summed E-state index contributed by atoms with van der Waals surface area (Å²) in [7, 11) is 0. The Hall–Kier alpha value is -3.73. The number of carbonyl (C=O) groups is 2. The van der Waals surface area contributed by atoms with Crippen LogP contribution in [-0.4, -0.2) is 52.5 Å². The van der Waals surface area contributed by atoms with Crippen LogP contribution in [0.2, 0.25) is 0 Å². The van der Waals surface area contributed by atoms with Crippen molar-refractivity contribution < 1.29 is 23.1 Å². The summed E-state index contributed by atoms with van der Waals surface area (Å²) in [4.78, 5) is 33.5. The Morgan fingerprint density at radius 3 is 2.15 bits per heavy atom. The van der Waals surface area contributed by atoms with Crippen molar-refractivity contribution in [2.45, 2.75) is 59.7 Å². The molecule has 1 fully saturated rings. The predicted molar refractivity (Wildman–Crippen MR) is 152 cm³/mol. The topological polar surface area (TPSA) is 101 Å². The van der Waals surface area contributed by atoms with Gasteiger partial charge in [0.1, 0.15) is 27.9 Å². The molecular weight excluding hydrogens is 524 g/mol. The van der Waals surface area contributed by atoms with Crippen molar-refractivity contribution in [1.29, 1.82) is 0 Å². The molecule has 0 bridgehead atoms. The second-order valence-electron chi connectivity index (χ2n) is 10.3. The number of amides is 1. The second-order valence-corrected chi connectivity index (χ2v) is 11.3. The monoisotopic (exact) mass is 559 g/mol. The molecule has 0 saturated carbocycles. The maximum absolute atomic E-state index is 14.1. The van der Waals surface area contributed by atoms with Crippen LogP contribution in [0.25, 0.3) is 0 Å². The number of halogens is 2. The molecule has 3 N–H and O–H groups in total. The zero-order valence-corrected chi connectivity index (χ0v) is 22.7. The van der Waals surface area contributed by atoms with Crippen molar-refractivity contribution in [2.24, 2.45) is 0 Å². The number of nitrogens with zero attached hydrogens (tertiary/aromatic N) is 3. The molecule has 39 heavy (non-hydrogen) atoms. The molecule has 11 heteroatoms. The first-order chi connectivity index (χ1) is 17.8. The molecule has 0 aliphatic carbocycles. The highest BCUT2D eigenvalue weighted by molar-refractivity contribution is 7.18. The van der Waals surface area contributed by atoms with E-state index in [-0.39, 0.29) is 36.3 Å². The van der Waals surface area contributed by atoms with E-state index in [2.05, 4.69) is 15.2 Å². The SMILES string of the molecule is C.C[C@@H]1CN(c2ccc(Nc3nc(N)c(C(=O)c4c(F)cccc4F)s3)cc2)C[C@H](C)N1C(=O)OC(C)(C)C. The van der Waals surface area contributed by atoms with Gasteiger partial charge in [-0.05, 0) is 71.0 Å². The first-order valence-corrected chi connectivity index (χ1v) is 13.0. The molecule has 1 aromatic heterocycles. The van der Waals surface area contributed by atoms with E-state index in [1.165, 1.54) is 6.07 Å². The lowest BCUT2D eigenvalue weighted by Crippen LogP contribution is -2.59.